The van der Waals surface area contributed by atoms with E-state index in [0.29, 0.717) is 5.56 Å². The Hall–Kier alpha value is -3.68. The first-order chi connectivity index (χ1) is 14.2. The number of para-hydroxylation sites is 1. The number of anilines is 2. The maximum Gasteiger partial charge on any atom is 0.412 e. The molecule has 0 bridgehead atoms. The first-order valence-electron chi connectivity index (χ1n) is 9.38. The Labute approximate surface area is 173 Å². The number of nitrogens with one attached hydrogen (secondary N) is 2. The first kappa shape index (κ1) is 21.0. The summed E-state index contributed by atoms with van der Waals surface area (Å²) in [6.45, 7) is 5.20. The van der Waals surface area contributed by atoms with Crippen LogP contribution in [0.1, 0.15) is 26.3 Å². The van der Waals surface area contributed by atoms with Crippen molar-refractivity contribution in [1.29, 1.82) is 0 Å². The van der Waals surface area contributed by atoms with Crippen LogP contribution in [-0.2, 0) is 16.0 Å². The van der Waals surface area contributed by atoms with E-state index < -0.39 is 17.5 Å². The molecule has 2 amide bonds. The highest BCUT2D eigenvalue weighted by Gasteiger charge is 2.18. The van der Waals surface area contributed by atoms with Gasteiger partial charge in [0.15, 0.2) is 0 Å². The van der Waals surface area contributed by atoms with Crippen molar-refractivity contribution in [3.05, 3.63) is 72.3 Å². The number of ether oxygens (including phenoxy) is 1. The van der Waals surface area contributed by atoms with Crippen LogP contribution in [0.4, 0.5) is 20.6 Å². The highest BCUT2D eigenvalue weighted by Crippen LogP contribution is 2.24. The molecule has 0 spiro atoms. The lowest BCUT2D eigenvalue weighted by molar-refractivity contribution is -0.115. The van der Waals surface area contributed by atoms with Crippen molar-refractivity contribution >= 4 is 23.4 Å². The van der Waals surface area contributed by atoms with Crippen LogP contribution in [0.15, 0.2) is 60.9 Å². The van der Waals surface area contributed by atoms with Crippen molar-refractivity contribution in [2.75, 3.05) is 10.6 Å². The van der Waals surface area contributed by atoms with Crippen molar-refractivity contribution < 1.29 is 18.7 Å². The highest BCUT2D eigenvalue weighted by molar-refractivity contribution is 5.98. The zero-order valence-corrected chi connectivity index (χ0v) is 17.0. The summed E-state index contributed by atoms with van der Waals surface area (Å²) in [5.74, 6) is -0.919. The molecular weight excluding hydrogens is 387 g/mol. The summed E-state index contributed by atoms with van der Waals surface area (Å²) in [7, 11) is 0. The molecule has 1 aromatic heterocycles. The molecule has 0 saturated carbocycles. The van der Waals surface area contributed by atoms with Crippen LogP contribution in [0, 0.1) is 5.82 Å². The van der Waals surface area contributed by atoms with Gasteiger partial charge in [0.05, 0.1) is 29.7 Å². The molecule has 8 heteroatoms. The number of benzene rings is 2. The molecule has 2 aromatic carbocycles. The number of nitrogens with zero attached hydrogens (tertiary/aromatic N) is 2. The van der Waals surface area contributed by atoms with Crippen molar-refractivity contribution in [2.45, 2.75) is 32.8 Å². The SMILES string of the molecule is CC(C)(C)OC(=O)Nc1ccc(F)cc1NC(=O)Cc1cnn(-c2ccccc2)c1. The van der Waals surface area contributed by atoms with Crippen molar-refractivity contribution in [2.24, 2.45) is 0 Å². The summed E-state index contributed by atoms with van der Waals surface area (Å²) >= 11 is 0. The van der Waals surface area contributed by atoms with Gasteiger partial charge in [0.25, 0.3) is 0 Å². The standard InChI is InChI=1S/C22H23FN4O3/c1-22(2,3)30-21(29)26-18-10-9-16(23)12-19(18)25-20(28)11-15-13-24-27(14-15)17-7-5-4-6-8-17/h4-10,12-14H,11H2,1-3H3,(H,25,28)(H,26,29). The van der Waals surface area contributed by atoms with E-state index in [1.807, 2.05) is 30.3 Å². The van der Waals surface area contributed by atoms with Crippen LogP contribution >= 0.6 is 0 Å². The molecule has 7 nitrogen and oxygen atoms in total. The van der Waals surface area contributed by atoms with E-state index >= 15 is 0 Å². The molecule has 1 heterocycles. The Morgan fingerprint density at radius 2 is 1.80 bits per heavy atom. The second-order valence-electron chi connectivity index (χ2n) is 7.67. The third kappa shape index (κ3) is 5.91. The molecule has 3 rings (SSSR count). The fourth-order valence-electron chi connectivity index (χ4n) is 2.70. The average Bonchev–Trinajstić information content (AvgIpc) is 3.11. The van der Waals surface area contributed by atoms with Gasteiger partial charge in [-0.3, -0.25) is 10.1 Å². The van der Waals surface area contributed by atoms with E-state index in [-0.39, 0.29) is 23.7 Å². The van der Waals surface area contributed by atoms with Crippen molar-refractivity contribution in [3.63, 3.8) is 0 Å². The molecule has 156 valence electrons. The fourth-order valence-corrected chi connectivity index (χ4v) is 2.70. The Bertz CT molecular complexity index is 1040. The molecule has 0 radical (unpaired) electrons. The van der Waals surface area contributed by atoms with Gasteiger partial charge in [0.2, 0.25) is 5.91 Å². The molecule has 3 aromatic rings. The maximum atomic E-state index is 13.7. The minimum Gasteiger partial charge on any atom is -0.444 e. The first-order valence-corrected chi connectivity index (χ1v) is 9.38. The Morgan fingerprint density at radius 3 is 2.50 bits per heavy atom. The van der Waals surface area contributed by atoms with Gasteiger partial charge in [-0.1, -0.05) is 18.2 Å². The topological polar surface area (TPSA) is 85.2 Å². The molecular formula is C22H23FN4O3. The minimum absolute atomic E-state index is 0.0369. The lowest BCUT2D eigenvalue weighted by Gasteiger charge is -2.20. The van der Waals surface area contributed by atoms with E-state index in [1.54, 1.807) is 37.8 Å². The second-order valence-corrected chi connectivity index (χ2v) is 7.67. The number of halogens is 1. The lowest BCUT2D eigenvalue weighted by Crippen LogP contribution is -2.27. The van der Waals surface area contributed by atoms with E-state index in [0.717, 1.165) is 11.8 Å². The summed E-state index contributed by atoms with van der Waals surface area (Å²) in [6.07, 6.45) is 2.68. The Kier molecular flexibility index (Phi) is 6.15. The number of aromatic nitrogens is 2. The van der Waals surface area contributed by atoms with Crippen LogP contribution < -0.4 is 10.6 Å². The Morgan fingerprint density at radius 1 is 1.07 bits per heavy atom. The van der Waals surface area contributed by atoms with Gasteiger partial charge in [0.1, 0.15) is 11.4 Å². The molecule has 0 saturated heterocycles. The van der Waals surface area contributed by atoms with Crippen molar-refractivity contribution in [3.8, 4) is 5.69 Å². The largest absolute Gasteiger partial charge is 0.444 e. The van der Waals surface area contributed by atoms with Crippen LogP contribution in [0.25, 0.3) is 5.69 Å². The van der Waals surface area contributed by atoms with Gasteiger partial charge in [-0.15, -0.1) is 0 Å². The quantitative estimate of drug-likeness (QED) is 0.647. The number of rotatable bonds is 5. The molecule has 30 heavy (non-hydrogen) atoms. The monoisotopic (exact) mass is 410 g/mol. The molecule has 0 aliphatic rings. The number of hydrogen-bond donors (Lipinski definition) is 2. The maximum absolute atomic E-state index is 13.7. The molecule has 0 fully saturated rings. The predicted octanol–water partition coefficient (Wildman–Crippen LogP) is 4.54. The minimum atomic E-state index is -0.700. The van der Waals surface area contributed by atoms with Crippen molar-refractivity contribution in [1.82, 2.24) is 9.78 Å². The van der Waals surface area contributed by atoms with Crippen LogP contribution in [-0.4, -0.2) is 27.4 Å². The van der Waals surface area contributed by atoms with Gasteiger partial charge < -0.3 is 10.1 Å². The predicted molar refractivity (Wildman–Crippen MR) is 112 cm³/mol. The third-order valence-electron chi connectivity index (χ3n) is 3.91. The highest BCUT2D eigenvalue weighted by atomic mass is 19.1. The fraction of sp³-hybridized carbons (Fsp3) is 0.227. The number of amides is 2. The van der Waals surface area contributed by atoms with Gasteiger partial charge in [-0.05, 0) is 56.7 Å². The third-order valence-corrected chi connectivity index (χ3v) is 3.91. The van der Waals surface area contributed by atoms with Gasteiger partial charge in [-0.2, -0.15) is 5.10 Å². The Balaban J connectivity index is 1.68. The molecule has 2 N–H and O–H groups in total. The second kappa shape index (κ2) is 8.77. The number of carbonyl (C=O) groups is 2. The number of hydrogen-bond acceptors (Lipinski definition) is 4. The zero-order chi connectivity index (χ0) is 21.7. The average molecular weight is 410 g/mol. The molecule has 0 aliphatic carbocycles. The van der Waals surface area contributed by atoms with Crippen LogP contribution in [0.5, 0.6) is 0 Å². The van der Waals surface area contributed by atoms with E-state index in [9.17, 15) is 14.0 Å². The summed E-state index contributed by atoms with van der Waals surface area (Å²) in [6, 6.07) is 13.2. The summed E-state index contributed by atoms with van der Waals surface area (Å²) < 4.78 is 20.6. The van der Waals surface area contributed by atoms with E-state index in [2.05, 4.69) is 15.7 Å². The van der Waals surface area contributed by atoms with Gasteiger partial charge in [-0.25, -0.2) is 13.9 Å². The normalized spacial score (nSPS) is 11.1. The molecule has 0 atom stereocenters. The smallest absolute Gasteiger partial charge is 0.412 e. The number of carbonyl (C=O) groups excluding carboxylic acids is 2. The van der Waals surface area contributed by atoms with Gasteiger partial charge in [0, 0.05) is 6.20 Å². The van der Waals surface area contributed by atoms with Gasteiger partial charge >= 0.3 is 6.09 Å². The van der Waals surface area contributed by atoms with E-state index in [4.69, 9.17) is 4.74 Å². The zero-order valence-electron chi connectivity index (χ0n) is 17.0. The summed E-state index contributed by atoms with van der Waals surface area (Å²) in [4.78, 5) is 24.5. The van der Waals surface area contributed by atoms with Crippen LogP contribution in [0.2, 0.25) is 0 Å². The van der Waals surface area contributed by atoms with Crippen LogP contribution in [0.3, 0.4) is 0 Å². The van der Waals surface area contributed by atoms with E-state index in [1.165, 1.54) is 12.1 Å². The lowest BCUT2D eigenvalue weighted by atomic mass is 10.2. The summed E-state index contributed by atoms with van der Waals surface area (Å²) in [5.41, 5.74) is 1.25. The summed E-state index contributed by atoms with van der Waals surface area (Å²) in [5, 5.41) is 9.42. The molecule has 0 unspecified atom stereocenters. The molecule has 0 aliphatic heterocycles.